The number of nitrogens with one attached hydrogen (secondary N) is 1. The monoisotopic (exact) mass is 219 g/mol. The molecular formula is C9H8Cl2FN. The third-order valence-corrected chi connectivity index (χ3v) is 2.06. The first kappa shape index (κ1) is 10.4. The maximum absolute atomic E-state index is 13.0. The van der Waals surface area contributed by atoms with Gasteiger partial charge in [0.1, 0.15) is 5.82 Å². The molecule has 0 amide bonds. The fourth-order valence-corrected chi connectivity index (χ4v) is 0.967. The first-order valence-corrected chi connectivity index (χ1v) is 4.48. The third-order valence-electron chi connectivity index (χ3n) is 1.44. The Morgan fingerprint density at radius 3 is 2.77 bits per heavy atom. The Morgan fingerprint density at radius 2 is 2.15 bits per heavy atom. The summed E-state index contributed by atoms with van der Waals surface area (Å²) < 4.78 is 13.0. The van der Waals surface area contributed by atoms with Gasteiger partial charge in [0.15, 0.2) is 0 Å². The van der Waals surface area contributed by atoms with E-state index in [9.17, 15) is 4.39 Å². The summed E-state index contributed by atoms with van der Waals surface area (Å²) >= 11 is 10.9. The van der Waals surface area contributed by atoms with Gasteiger partial charge in [0, 0.05) is 10.6 Å². The second kappa shape index (κ2) is 5.10. The van der Waals surface area contributed by atoms with E-state index in [0.717, 1.165) is 0 Å². The number of para-hydroxylation sites is 1. The highest BCUT2D eigenvalue weighted by molar-refractivity contribution is 6.36. The van der Waals surface area contributed by atoms with E-state index in [2.05, 4.69) is 5.32 Å². The zero-order valence-electron chi connectivity index (χ0n) is 6.73. The summed E-state index contributed by atoms with van der Waals surface area (Å²) in [7, 11) is 0. The molecule has 0 saturated carbocycles. The molecule has 0 aliphatic heterocycles. The highest BCUT2D eigenvalue weighted by atomic mass is 35.5. The molecule has 0 spiro atoms. The quantitative estimate of drug-likeness (QED) is 0.821. The SMILES string of the molecule is Fc1ccccc1NCC(Cl)=CCl. The minimum Gasteiger partial charge on any atom is -0.378 e. The van der Waals surface area contributed by atoms with Crippen LogP contribution in [0.15, 0.2) is 34.8 Å². The summed E-state index contributed by atoms with van der Waals surface area (Å²) in [5.41, 5.74) is 1.66. The molecule has 4 heteroatoms. The van der Waals surface area contributed by atoms with Crippen LogP contribution in [0.2, 0.25) is 0 Å². The predicted molar refractivity (Wildman–Crippen MR) is 54.7 cm³/mol. The molecule has 1 N–H and O–H groups in total. The maximum atomic E-state index is 13.0. The number of anilines is 1. The van der Waals surface area contributed by atoms with Crippen molar-refractivity contribution in [1.82, 2.24) is 0 Å². The predicted octanol–water partition coefficient (Wildman–Crippen LogP) is 3.56. The molecule has 1 rings (SSSR count). The number of rotatable bonds is 3. The van der Waals surface area contributed by atoms with Gasteiger partial charge in [-0.25, -0.2) is 4.39 Å². The molecule has 0 heterocycles. The Morgan fingerprint density at radius 1 is 1.46 bits per heavy atom. The topological polar surface area (TPSA) is 12.0 Å². The van der Waals surface area contributed by atoms with Crippen molar-refractivity contribution in [3.8, 4) is 0 Å². The van der Waals surface area contributed by atoms with Gasteiger partial charge < -0.3 is 5.32 Å². The molecular weight excluding hydrogens is 212 g/mol. The molecule has 0 aromatic heterocycles. The van der Waals surface area contributed by atoms with Gasteiger partial charge >= 0.3 is 0 Å². The van der Waals surface area contributed by atoms with E-state index in [1.54, 1.807) is 18.2 Å². The normalized spacial score (nSPS) is 11.5. The second-order valence-corrected chi connectivity index (χ2v) is 3.09. The lowest BCUT2D eigenvalue weighted by atomic mass is 10.3. The molecule has 1 nitrogen and oxygen atoms in total. The van der Waals surface area contributed by atoms with Gasteiger partial charge in [-0.15, -0.1) is 0 Å². The van der Waals surface area contributed by atoms with E-state index in [-0.39, 0.29) is 5.82 Å². The first-order chi connectivity index (χ1) is 6.24. The van der Waals surface area contributed by atoms with Crippen molar-refractivity contribution >= 4 is 28.9 Å². The zero-order chi connectivity index (χ0) is 9.68. The lowest BCUT2D eigenvalue weighted by molar-refractivity contribution is 0.631. The van der Waals surface area contributed by atoms with E-state index < -0.39 is 0 Å². The molecule has 1 aromatic carbocycles. The van der Waals surface area contributed by atoms with Crippen LogP contribution in [-0.2, 0) is 0 Å². The number of halogens is 3. The van der Waals surface area contributed by atoms with Crippen LogP contribution < -0.4 is 5.32 Å². The third kappa shape index (κ3) is 3.25. The van der Waals surface area contributed by atoms with E-state index in [0.29, 0.717) is 17.3 Å². The van der Waals surface area contributed by atoms with Gasteiger partial charge in [-0.1, -0.05) is 35.3 Å². The highest BCUT2D eigenvalue weighted by Gasteiger charge is 1.99. The summed E-state index contributed by atoms with van der Waals surface area (Å²) in [6.07, 6.45) is 0. The second-order valence-electron chi connectivity index (χ2n) is 2.39. The molecule has 13 heavy (non-hydrogen) atoms. The zero-order valence-corrected chi connectivity index (χ0v) is 8.24. The van der Waals surface area contributed by atoms with E-state index in [1.165, 1.54) is 11.6 Å². The Kier molecular flexibility index (Phi) is 4.06. The van der Waals surface area contributed by atoms with Gasteiger partial charge in [-0.2, -0.15) is 0 Å². The molecule has 0 aliphatic carbocycles. The molecule has 70 valence electrons. The van der Waals surface area contributed by atoms with Gasteiger partial charge in [0.25, 0.3) is 0 Å². The van der Waals surface area contributed by atoms with Gasteiger partial charge in [-0.05, 0) is 12.1 Å². The molecule has 0 aliphatic rings. The first-order valence-electron chi connectivity index (χ1n) is 3.67. The molecule has 0 unspecified atom stereocenters. The summed E-state index contributed by atoms with van der Waals surface area (Å²) in [5.74, 6) is -0.304. The van der Waals surface area contributed by atoms with Crippen LogP contribution in [0.3, 0.4) is 0 Å². The fraction of sp³-hybridized carbons (Fsp3) is 0.111. The molecule has 0 fully saturated rings. The fourth-order valence-electron chi connectivity index (χ4n) is 0.823. The molecule has 0 atom stereocenters. The van der Waals surface area contributed by atoms with Crippen LogP contribution in [0.4, 0.5) is 10.1 Å². The number of hydrogen-bond acceptors (Lipinski definition) is 1. The number of benzene rings is 1. The Labute approximate surface area is 86.2 Å². The van der Waals surface area contributed by atoms with Crippen LogP contribution in [0.25, 0.3) is 0 Å². The minimum atomic E-state index is -0.304. The average molecular weight is 220 g/mol. The minimum absolute atomic E-state index is 0.304. The van der Waals surface area contributed by atoms with Gasteiger partial charge in [0.2, 0.25) is 0 Å². The van der Waals surface area contributed by atoms with E-state index in [1.807, 2.05) is 0 Å². The summed E-state index contributed by atoms with van der Waals surface area (Å²) in [6, 6.07) is 6.37. The molecule has 0 bridgehead atoms. The standard InChI is InChI=1S/C9H8Cl2FN/c10-5-7(11)6-13-9-4-2-1-3-8(9)12/h1-5,13H,6H2. The number of hydrogen-bond donors (Lipinski definition) is 1. The molecule has 1 aromatic rings. The Balaban J connectivity index is 2.60. The summed E-state index contributed by atoms with van der Waals surface area (Å²) in [4.78, 5) is 0. The van der Waals surface area contributed by atoms with Crippen molar-refractivity contribution < 1.29 is 4.39 Å². The van der Waals surface area contributed by atoms with Crippen LogP contribution in [0.5, 0.6) is 0 Å². The summed E-state index contributed by atoms with van der Waals surface area (Å²) in [5, 5.41) is 3.24. The molecule has 0 saturated heterocycles. The van der Waals surface area contributed by atoms with Crippen LogP contribution in [-0.4, -0.2) is 6.54 Å². The van der Waals surface area contributed by atoms with Crippen molar-refractivity contribution in [2.45, 2.75) is 0 Å². The highest BCUT2D eigenvalue weighted by Crippen LogP contribution is 2.13. The van der Waals surface area contributed by atoms with Crippen molar-refractivity contribution in [3.05, 3.63) is 40.7 Å². The van der Waals surface area contributed by atoms with Gasteiger partial charge in [-0.3, -0.25) is 0 Å². The average Bonchev–Trinajstić information content (AvgIpc) is 2.16. The smallest absolute Gasteiger partial charge is 0.146 e. The van der Waals surface area contributed by atoms with Crippen molar-refractivity contribution in [1.29, 1.82) is 0 Å². The van der Waals surface area contributed by atoms with E-state index in [4.69, 9.17) is 23.2 Å². The van der Waals surface area contributed by atoms with Crippen molar-refractivity contribution in [3.63, 3.8) is 0 Å². The lowest BCUT2D eigenvalue weighted by Crippen LogP contribution is -2.02. The van der Waals surface area contributed by atoms with Crippen LogP contribution in [0.1, 0.15) is 0 Å². The van der Waals surface area contributed by atoms with Crippen molar-refractivity contribution in [2.75, 3.05) is 11.9 Å². The van der Waals surface area contributed by atoms with Crippen LogP contribution in [0, 0.1) is 5.82 Å². The van der Waals surface area contributed by atoms with Gasteiger partial charge in [0.05, 0.1) is 12.2 Å². The van der Waals surface area contributed by atoms with Crippen molar-refractivity contribution in [2.24, 2.45) is 0 Å². The maximum Gasteiger partial charge on any atom is 0.146 e. The Hall–Kier alpha value is -0.730. The Bertz CT molecular complexity index is 312. The van der Waals surface area contributed by atoms with E-state index >= 15 is 0 Å². The summed E-state index contributed by atoms with van der Waals surface area (Å²) in [6.45, 7) is 0.325. The van der Waals surface area contributed by atoms with Crippen LogP contribution >= 0.6 is 23.2 Å². The lowest BCUT2D eigenvalue weighted by Gasteiger charge is -2.05. The molecule has 0 radical (unpaired) electrons. The largest absolute Gasteiger partial charge is 0.378 e.